The molecule has 7 heteroatoms. The quantitative estimate of drug-likeness (QED) is 0.446. The van der Waals surface area contributed by atoms with E-state index in [9.17, 15) is 0 Å². The van der Waals surface area contributed by atoms with Crippen molar-refractivity contribution < 1.29 is 4.42 Å². The van der Waals surface area contributed by atoms with Gasteiger partial charge in [0.25, 0.3) is 0 Å². The van der Waals surface area contributed by atoms with Crippen molar-refractivity contribution in [2.75, 3.05) is 0 Å². The van der Waals surface area contributed by atoms with Crippen molar-refractivity contribution in [1.82, 2.24) is 25.0 Å². The first-order valence-corrected chi connectivity index (χ1v) is 9.93. The number of rotatable bonds is 5. The lowest BCUT2D eigenvalue weighted by Gasteiger charge is -2.08. The first kappa shape index (κ1) is 18.4. The molecule has 0 fully saturated rings. The standard InChI is InChI=1S/C21H21N5OS/c1-13-9-11-16(12-10-13)20-24-23-19(27-20)15(3)28-21-25-22-18(26(21)4)17-8-6-5-7-14(17)2/h5-12,15H,1-4H3. The third-order valence-corrected chi connectivity index (χ3v) is 5.71. The highest BCUT2D eigenvalue weighted by Crippen LogP contribution is 2.35. The minimum atomic E-state index is -0.0423. The average molecular weight is 392 g/mol. The zero-order valence-electron chi connectivity index (χ0n) is 16.2. The van der Waals surface area contributed by atoms with E-state index in [0.29, 0.717) is 11.8 Å². The van der Waals surface area contributed by atoms with E-state index in [4.69, 9.17) is 4.42 Å². The molecule has 0 bridgehead atoms. The van der Waals surface area contributed by atoms with E-state index < -0.39 is 0 Å². The predicted molar refractivity (Wildman–Crippen MR) is 110 cm³/mol. The van der Waals surface area contributed by atoms with Crippen LogP contribution in [0.1, 0.15) is 29.2 Å². The van der Waals surface area contributed by atoms with Gasteiger partial charge in [-0.15, -0.1) is 20.4 Å². The molecule has 142 valence electrons. The maximum absolute atomic E-state index is 5.89. The van der Waals surface area contributed by atoms with Gasteiger partial charge in [0.05, 0.1) is 5.25 Å². The molecular formula is C21H21N5OS. The van der Waals surface area contributed by atoms with Crippen molar-refractivity contribution in [3.8, 4) is 22.8 Å². The summed E-state index contributed by atoms with van der Waals surface area (Å²) in [5.74, 6) is 1.95. The third-order valence-electron chi connectivity index (χ3n) is 4.59. The molecule has 2 aromatic heterocycles. The zero-order valence-corrected chi connectivity index (χ0v) is 17.1. The summed E-state index contributed by atoms with van der Waals surface area (Å²) >= 11 is 1.55. The van der Waals surface area contributed by atoms with Gasteiger partial charge >= 0.3 is 0 Å². The molecule has 28 heavy (non-hydrogen) atoms. The second kappa shape index (κ2) is 7.59. The van der Waals surface area contributed by atoms with Crippen LogP contribution in [-0.4, -0.2) is 25.0 Å². The zero-order chi connectivity index (χ0) is 19.7. The Labute approximate surface area is 168 Å². The molecule has 0 aliphatic rings. The van der Waals surface area contributed by atoms with Crippen LogP contribution in [0.15, 0.2) is 58.1 Å². The smallest absolute Gasteiger partial charge is 0.247 e. The Morgan fingerprint density at radius 3 is 2.43 bits per heavy atom. The molecule has 2 aromatic carbocycles. The number of hydrogen-bond donors (Lipinski definition) is 0. The summed E-state index contributed by atoms with van der Waals surface area (Å²) in [7, 11) is 1.97. The van der Waals surface area contributed by atoms with Crippen LogP contribution < -0.4 is 0 Å². The van der Waals surface area contributed by atoms with Crippen LogP contribution in [0, 0.1) is 13.8 Å². The van der Waals surface area contributed by atoms with Gasteiger partial charge < -0.3 is 8.98 Å². The summed E-state index contributed by atoms with van der Waals surface area (Å²) in [4.78, 5) is 0. The highest BCUT2D eigenvalue weighted by molar-refractivity contribution is 7.99. The maximum atomic E-state index is 5.89. The highest BCUT2D eigenvalue weighted by Gasteiger charge is 2.20. The molecule has 4 rings (SSSR count). The van der Waals surface area contributed by atoms with Crippen LogP contribution in [0.3, 0.4) is 0 Å². The van der Waals surface area contributed by atoms with Gasteiger partial charge in [0.15, 0.2) is 11.0 Å². The molecule has 0 aliphatic carbocycles. The molecule has 1 unspecified atom stereocenters. The van der Waals surface area contributed by atoms with E-state index in [0.717, 1.165) is 22.1 Å². The topological polar surface area (TPSA) is 69.6 Å². The van der Waals surface area contributed by atoms with E-state index in [-0.39, 0.29) is 5.25 Å². The van der Waals surface area contributed by atoms with Gasteiger partial charge in [-0.1, -0.05) is 53.7 Å². The normalized spacial score (nSPS) is 12.3. The van der Waals surface area contributed by atoms with Crippen LogP contribution in [0.25, 0.3) is 22.8 Å². The Hall–Kier alpha value is -2.93. The fourth-order valence-electron chi connectivity index (χ4n) is 2.90. The van der Waals surface area contributed by atoms with Crippen LogP contribution in [0.4, 0.5) is 0 Å². The lowest BCUT2D eigenvalue weighted by molar-refractivity contribution is 0.508. The predicted octanol–water partition coefficient (Wildman–Crippen LogP) is 5.00. The van der Waals surface area contributed by atoms with Gasteiger partial charge in [0.2, 0.25) is 11.8 Å². The van der Waals surface area contributed by atoms with Crippen LogP contribution >= 0.6 is 11.8 Å². The second-order valence-corrected chi connectivity index (χ2v) is 8.06. The third kappa shape index (κ3) is 3.57. The molecule has 0 N–H and O–H groups in total. The van der Waals surface area contributed by atoms with Gasteiger partial charge in [0.1, 0.15) is 0 Å². The Morgan fingerprint density at radius 2 is 1.68 bits per heavy atom. The van der Waals surface area contributed by atoms with Crippen LogP contribution in [-0.2, 0) is 7.05 Å². The van der Waals surface area contributed by atoms with Crippen molar-refractivity contribution in [3.63, 3.8) is 0 Å². The lowest BCUT2D eigenvalue weighted by atomic mass is 10.1. The molecule has 0 radical (unpaired) electrons. The molecule has 0 saturated carbocycles. The molecule has 0 aliphatic heterocycles. The summed E-state index contributed by atoms with van der Waals surface area (Å²) in [6.45, 7) is 6.15. The van der Waals surface area contributed by atoms with Crippen molar-refractivity contribution in [2.24, 2.45) is 7.05 Å². The lowest BCUT2D eigenvalue weighted by Crippen LogP contribution is -1.98. The number of nitrogens with zero attached hydrogens (tertiary/aromatic N) is 5. The minimum absolute atomic E-state index is 0.0423. The Morgan fingerprint density at radius 1 is 0.929 bits per heavy atom. The van der Waals surface area contributed by atoms with Gasteiger partial charge in [-0.2, -0.15) is 0 Å². The van der Waals surface area contributed by atoms with Gasteiger partial charge in [-0.05, 0) is 38.5 Å². The average Bonchev–Trinajstić information content (AvgIpc) is 3.31. The molecule has 2 heterocycles. The Balaban J connectivity index is 1.54. The fourth-order valence-corrected chi connectivity index (χ4v) is 3.74. The number of aromatic nitrogens is 5. The number of aryl methyl sites for hydroxylation is 2. The molecular weight excluding hydrogens is 370 g/mol. The molecule has 1 atom stereocenters. The summed E-state index contributed by atoms with van der Waals surface area (Å²) in [5.41, 5.74) is 4.36. The Kier molecular flexibility index (Phi) is 5.00. The Bertz CT molecular complexity index is 1100. The minimum Gasteiger partial charge on any atom is -0.419 e. The SMILES string of the molecule is Cc1ccc(-c2nnc(C(C)Sc3nnc(-c4ccccc4C)n3C)o2)cc1. The summed E-state index contributed by atoms with van der Waals surface area (Å²) in [5, 5.41) is 17.9. The van der Waals surface area contributed by atoms with Crippen LogP contribution in [0.2, 0.25) is 0 Å². The first-order chi connectivity index (χ1) is 13.5. The van der Waals surface area contributed by atoms with E-state index in [1.165, 1.54) is 11.1 Å². The van der Waals surface area contributed by atoms with Crippen molar-refractivity contribution in [3.05, 3.63) is 65.5 Å². The van der Waals surface area contributed by atoms with E-state index in [1.54, 1.807) is 11.8 Å². The van der Waals surface area contributed by atoms with Crippen molar-refractivity contribution >= 4 is 11.8 Å². The molecule has 0 saturated heterocycles. The fraction of sp³-hybridized carbons (Fsp3) is 0.238. The van der Waals surface area contributed by atoms with Crippen molar-refractivity contribution in [2.45, 2.75) is 31.2 Å². The monoisotopic (exact) mass is 391 g/mol. The number of thioether (sulfide) groups is 1. The molecule has 6 nitrogen and oxygen atoms in total. The molecule has 0 amide bonds. The van der Waals surface area contributed by atoms with Gasteiger partial charge in [0, 0.05) is 18.2 Å². The molecule has 0 spiro atoms. The summed E-state index contributed by atoms with van der Waals surface area (Å²) in [6.07, 6.45) is 0. The van der Waals surface area contributed by atoms with Crippen molar-refractivity contribution in [1.29, 1.82) is 0 Å². The number of hydrogen-bond acceptors (Lipinski definition) is 6. The van der Waals surface area contributed by atoms with Crippen LogP contribution in [0.5, 0.6) is 0 Å². The number of benzene rings is 2. The van der Waals surface area contributed by atoms with E-state index >= 15 is 0 Å². The highest BCUT2D eigenvalue weighted by atomic mass is 32.2. The largest absolute Gasteiger partial charge is 0.419 e. The van der Waals surface area contributed by atoms with Gasteiger partial charge in [-0.3, -0.25) is 0 Å². The van der Waals surface area contributed by atoms with E-state index in [2.05, 4.69) is 39.5 Å². The first-order valence-electron chi connectivity index (χ1n) is 9.05. The maximum Gasteiger partial charge on any atom is 0.247 e. The summed E-state index contributed by atoms with van der Waals surface area (Å²) < 4.78 is 7.89. The molecule has 4 aromatic rings. The van der Waals surface area contributed by atoms with E-state index in [1.807, 2.05) is 61.9 Å². The summed E-state index contributed by atoms with van der Waals surface area (Å²) in [6, 6.07) is 16.2. The van der Waals surface area contributed by atoms with Gasteiger partial charge in [-0.25, -0.2) is 0 Å². The second-order valence-electron chi connectivity index (χ2n) is 6.75.